The third-order valence-electron chi connectivity index (χ3n) is 2.52. The maximum absolute atomic E-state index is 11.7. The van der Waals surface area contributed by atoms with Crippen molar-refractivity contribution in [2.45, 2.75) is 47.5 Å². The molecule has 0 rings (SSSR count). The smallest absolute Gasteiger partial charge is 0.222 e. The lowest BCUT2D eigenvalue weighted by molar-refractivity contribution is -0.130. The Hall–Kier alpha value is -0.280. The van der Waals surface area contributed by atoms with E-state index < -0.39 is 0 Å². The lowest BCUT2D eigenvalue weighted by Gasteiger charge is -2.20. The van der Waals surface area contributed by atoms with E-state index in [0.717, 1.165) is 32.6 Å². The van der Waals surface area contributed by atoms with Gasteiger partial charge in [0.05, 0.1) is 0 Å². The van der Waals surface area contributed by atoms with Gasteiger partial charge in [0.25, 0.3) is 0 Å². The number of amides is 1. The standard InChI is InChI=1S/C13H28N2O.ClH/c1-6-15(7-2)12(16)9-8-10-14-11-13(3,4)5;/h14H,6-11H2,1-5H3;1H. The van der Waals surface area contributed by atoms with Gasteiger partial charge in [-0.2, -0.15) is 0 Å². The first-order valence-corrected chi connectivity index (χ1v) is 6.39. The largest absolute Gasteiger partial charge is 0.343 e. The first-order valence-electron chi connectivity index (χ1n) is 6.39. The lowest BCUT2D eigenvalue weighted by atomic mass is 9.97. The summed E-state index contributed by atoms with van der Waals surface area (Å²) in [5, 5.41) is 3.38. The van der Waals surface area contributed by atoms with Gasteiger partial charge in [0.15, 0.2) is 0 Å². The van der Waals surface area contributed by atoms with Gasteiger partial charge in [0.2, 0.25) is 5.91 Å². The van der Waals surface area contributed by atoms with Crippen LogP contribution >= 0.6 is 12.4 Å². The van der Waals surface area contributed by atoms with Crippen LogP contribution in [0.25, 0.3) is 0 Å². The van der Waals surface area contributed by atoms with Gasteiger partial charge in [-0.25, -0.2) is 0 Å². The van der Waals surface area contributed by atoms with Crippen LogP contribution in [0.4, 0.5) is 0 Å². The summed E-state index contributed by atoms with van der Waals surface area (Å²) in [4.78, 5) is 13.6. The molecule has 0 saturated carbocycles. The third-order valence-corrected chi connectivity index (χ3v) is 2.52. The highest BCUT2D eigenvalue weighted by Crippen LogP contribution is 2.10. The molecule has 0 heterocycles. The molecule has 0 spiro atoms. The maximum atomic E-state index is 11.7. The Morgan fingerprint density at radius 1 is 1.18 bits per heavy atom. The van der Waals surface area contributed by atoms with E-state index in [1.54, 1.807) is 0 Å². The van der Waals surface area contributed by atoms with E-state index >= 15 is 0 Å². The fourth-order valence-electron chi connectivity index (χ4n) is 1.56. The van der Waals surface area contributed by atoms with Crippen LogP contribution in [0.3, 0.4) is 0 Å². The molecule has 0 radical (unpaired) electrons. The molecule has 0 atom stereocenters. The van der Waals surface area contributed by atoms with Gasteiger partial charge < -0.3 is 10.2 Å². The number of hydrogen-bond donors (Lipinski definition) is 1. The third kappa shape index (κ3) is 10.6. The van der Waals surface area contributed by atoms with Crippen LogP contribution in [0, 0.1) is 5.41 Å². The summed E-state index contributed by atoms with van der Waals surface area (Å²) < 4.78 is 0. The van der Waals surface area contributed by atoms with Crippen molar-refractivity contribution in [1.82, 2.24) is 10.2 Å². The lowest BCUT2D eigenvalue weighted by Crippen LogP contribution is -2.32. The van der Waals surface area contributed by atoms with Crippen molar-refractivity contribution in [3.63, 3.8) is 0 Å². The summed E-state index contributed by atoms with van der Waals surface area (Å²) in [7, 11) is 0. The van der Waals surface area contributed by atoms with Crippen LogP contribution in [-0.4, -0.2) is 37.0 Å². The van der Waals surface area contributed by atoms with E-state index in [4.69, 9.17) is 0 Å². The van der Waals surface area contributed by atoms with E-state index in [-0.39, 0.29) is 18.3 Å². The highest BCUT2D eigenvalue weighted by atomic mass is 35.5. The van der Waals surface area contributed by atoms with E-state index in [9.17, 15) is 4.79 Å². The number of nitrogens with one attached hydrogen (secondary N) is 1. The second-order valence-corrected chi connectivity index (χ2v) is 5.41. The molecule has 1 N–H and O–H groups in total. The molecule has 0 saturated heterocycles. The number of carbonyl (C=O) groups excluding carboxylic acids is 1. The van der Waals surface area contributed by atoms with Crippen molar-refractivity contribution >= 4 is 18.3 Å². The molecular weight excluding hydrogens is 236 g/mol. The van der Waals surface area contributed by atoms with Crippen molar-refractivity contribution in [2.24, 2.45) is 5.41 Å². The van der Waals surface area contributed by atoms with Gasteiger partial charge >= 0.3 is 0 Å². The summed E-state index contributed by atoms with van der Waals surface area (Å²) in [5.41, 5.74) is 0.322. The second kappa shape index (κ2) is 9.72. The number of carbonyl (C=O) groups is 1. The first kappa shape index (κ1) is 19.1. The van der Waals surface area contributed by atoms with E-state index in [1.807, 2.05) is 18.7 Å². The Kier molecular flexibility index (Phi) is 10.9. The van der Waals surface area contributed by atoms with Gasteiger partial charge in [-0.1, -0.05) is 20.8 Å². The molecule has 0 aromatic heterocycles. The summed E-state index contributed by atoms with van der Waals surface area (Å²) >= 11 is 0. The minimum Gasteiger partial charge on any atom is -0.343 e. The Labute approximate surface area is 113 Å². The fraction of sp³-hybridized carbons (Fsp3) is 0.923. The molecule has 4 heteroatoms. The molecule has 0 aromatic rings. The van der Waals surface area contributed by atoms with Gasteiger partial charge in [-0.05, 0) is 38.8 Å². The summed E-state index contributed by atoms with van der Waals surface area (Å²) in [6.07, 6.45) is 1.60. The Morgan fingerprint density at radius 3 is 2.12 bits per heavy atom. The minimum atomic E-state index is 0. The minimum absolute atomic E-state index is 0. The average molecular weight is 265 g/mol. The zero-order valence-corrected chi connectivity index (χ0v) is 12.8. The number of rotatable bonds is 7. The zero-order valence-electron chi connectivity index (χ0n) is 12.0. The van der Waals surface area contributed by atoms with Crippen molar-refractivity contribution < 1.29 is 4.79 Å². The van der Waals surface area contributed by atoms with E-state index in [0.29, 0.717) is 11.8 Å². The monoisotopic (exact) mass is 264 g/mol. The quantitative estimate of drug-likeness (QED) is 0.717. The summed E-state index contributed by atoms with van der Waals surface area (Å²) in [6, 6.07) is 0. The molecule has 0 aliphatic rings. The van der Waals surface area contributed by atoms with E-state index in [2.05, 4.69) is 26.1 Å². The van der Waals surface area contributed by atoms with Crippen LogP contribution in [0.15, 0.2) is 0 Å². The molecule has 0 unspecified atom stereocenters. The Balaban J connectivity index is 0. The summed E-state index contributed by atoms with van der Waals surface area (Å²) in [6.45, 7) is 14.3. The topological polar surface area (TPSA) is 32.3 Å². The van der Waals surface area contributed by atoms with Crippen molar-refractivity contribution in [1.29, 1.82) is 0 Å². The Morgan fingerprint density at radius 2 is 1.71 bits per heavy atom. The van der Waals surface area contributed by atoms with Gasteiger partial charge in [0, 0.05) is 19.5 Å². The molecule has 104 valence electrons. The fourth-order valence-corrected chi connectivity index (χ4v) is 1.56. The molecule has 0 aliphatic heterocycles. The molecule has 17 heavy (non-hydrogen) atoms. The predicted molar refractivity (Wildman–Crippen MR) is 76.7 cm³/mol. The highest BCUT2D eigenvalue weighted by molar-refractivity contribution is 5.85. The van der Waals surface area contributed by atoms with E-state index in [1.165, 1.54) is 0 Å². The molecule has 0 aromatic carbocycles. The molecule has 0 fully saturated rings. The van der Waals surface area contributed by atoms with Crippen LogP contribution in [0.5, 0.6) is 0 Å². The second-order valence-electron chi connectivity index (χ2n) is 5.41. The van der Waals surface area contributed by atoms with Crippen LogP contribution in [0.1, 0.15) is 47.5 Å². The zero-order chi connectivity index (χ0) is 12.6. The van der Waals surface area contributed by atoms with Crippen molar-refractivity contribution in [2.75, 3.05) is 26.2 Å². The number of halogens is 1. The SMILES string of the molecule is CCN(CC)C(=O)CCCNCC(C)(C)C.Cl. The van der Waals surface area contributed by atoms with Gasteiger partial charge in [0.1, 0.15) is 0 Å². The van der Waals surface area contributed by atoms with Crippen molar-refractivity contribution in [3.8, 4) is 0 Å². The normalized spacial score (nSPS) is 10.9. The summed E-state index contributed by atoms with van der Waals surface area (Å²) in [5.74, 6) is 0.280. The molecule has 0 aliphatic carbocycles. The Bertz CT molecular complexity index is 198. The number of nitrogens with zero attached hydrogens (tertiary/aromatic N) is 1. The predicted octanol–water partition coefficient (Wildman–Crippen LogP) is 2.69. The van der Waals surface area contributed by atoms with Crippen LogP contribution in [-0.2, 0) is 4.79 Å². The van der Waals surface area contributed by atoms with Crippen LogP contribution < -0.4 is 5.32 Å². The highest BCUT2D eigenvalue weighted by Gasteiger charge is 2.10. The van der Waals surface area contributed by atoms with Crippen molar-refractivity contribution in [3.05, 3.63) is 0 Å². The number of hydrogen-bond acceptors (Lipinski definition) is 2. The first-order chi connectivity index (χ1) is 7.40. The average Bonchev–Trinajstić information content (AvgIpc) is 2.17. The van der Waals surface area contributed by atoms with Crippen LogP contribution in [0.2, 0.25) is 0 Å². The maximum Gasteiger partial charge on any atom is 0.222 e. The molecule has 3 nitrogen and oxygen atoms in total. The van der Waals surface area contributed by atoms with Gasteiger partial charge in [-0.3, -0.25) is 4.79 Å². The molecular formula is C13H29ClN2O. The molecule has 1 amide bonds. The molecule has 0 bridgehead atoms. The van der Waals surface area contributed by atoms with Gasteiger partial charge in [-0.15, -0.1) is 12.4 Å².